The second-order valence-electron chi connectivity index (χ2n) is 14.9. The molecule has 4 heteroatoms. The van der Waals surface area contributed by atoms with Crippen molar-refractivity contribution in [2.45, 2.75) is 0 Å². The summed E-state index contributed by atoms with van der Waals surface area (Å²) in [5.41, 5.74) is 11.1. The van der Waals surface area contributed by atoms with E-state index in [-0.39, 0.29) is 0 Å². The van der Waals surface area contributed by atoms with E-state index >= 15 is 0 Å². The number of para-hydroxylation sites is 1. The van der Waals surface area contributed by atoms with Crippen molar-refractivity contribution in [1.29, 1.82) is 0 Å². The summed E-state index contributed by atoms with van der Waals surface area (Å²) < 4.78 is 4.81. The molecule has 0 N–H and O–H groups in total. The van der Waals surface area contributed by atoms with Crippen molar-refractivity contribution in [1.82, 2.24) is 18.9 Å². The predicted molar refractivity (Wildman–Crippen MR) is 234 cm³/mol. The lowest BCUT2D eigenvalue weighted by atomic mass is 9.98. The molecule has 4 nitrogen and oxygen atoms in total. The van der Waals surface area contributed by atoms with Crippen LogP contribution < -0.4 is 0 Å². The Kier molecular flexibility index (Phi) is 5.86. The molecule has 4 heterocycles. The number of aromatic nitrogens is 4. The van der Waals surface area contributed by atoms with E-state index in [0.29, 0.717) is 5.95 Å². The molecule has 13 aromatic rings. The first-order valence-corrected chi connectivity index (χ1v) is 19.2. The van der Waals surface area contributed by atoms with Gasteiger partial charge in [-0.3, -0.25) is 4.57 Å². The Morgan fingerprint density at radius 1 is 0.339 bits per heavy atom. The first-order valence-electron chi connectivity index (χ1n) is 19.2. The maximum absolute atomic E-state index is 5.54. The second kappa shape index (κ2) is 11.0. The molecule has 0 aliphatic carbocycles. The van der Waals surface area contributed by atoms with Gasteiger partial charge in [0.1, 0.15) is 0 Å². The highest BCUT2D eigenvalue weighted by Crippen LogP contribution is 2.46. The summed E-state index contributed by atoms with van der Waals surface area (Å²) in [6.07, 6.45) is 0. The average Bonchev–Trinajstić information content (AvgIpc) is 3.76. The summed E-state index contributed by atoms with van der Waals surface area (Å²) >= 11 is 0. The van der Waals surface area contributed by atoms with Gasteiger partial charge in [-0.15, -0.1) is 0 Å². The van der Waals surface area contributed by atoms with Crippen LogP contribution in [0.25, 0.3) is 121 Å². The molecule has 258 valence electrons. The quantitative estimate of drug-likeness (QED) is 0.171. The van der Waals surface area contributed by atoms with Gasteiger partial charge in [0, 0.05) is 43.3 Å². The molecule has 56 heavy (non-hydrogen) atoms. The average molecular weight is 711 g/mol. The largest absolute Gasteiger partial charge is 0.308 e. The summed E-state index contributed by atoms with van der Waals surface area (Å²) in [7, 11) is 0. The molecule has 0 amide bonds. The van der Waals surface area contributed by atoms with Crippen LogP contribution in [0.4, 0.5) is 0 Å². The minimum Gasteiger partial charge on any atom is -0.308 e. The fraction of sp³-hybridized carbons (Fsp3) is 0. The monoisotopic (exact) mass is 710 g/mol. The Morgan fingerprint density at radius 3 is 1.82 bits per heavy atom. The molecule has 0 aliphatic heterocycles. The highest BCUT2D eigenvalue weighted by atomic mass is 15.2. The van der Waals surface area contributed by atoms with Crippen LogP contribution in [-0.2, 0) is 0 Å². The first-order chi connectivity index (χ1) is 27.8. The topological polar surface area (TPSA) is 35.1 Å². The Labute approximate surface area is 320 Å². The molecule has 0 radical (unpaired) electrons. The molecule has 0 atom stereocenters. The van der Waals surface area contributed by atoms with Gasteiger partial charge in [0.15, 0.2) is 0 Å². The zero-order valence-electron chi connectivity index (χ0n) is 30.1. The van der Waals surface area contributed by atoms with Crippen molar-refractivity contribution in [3.05, 3.63) is 182 Å². The van der Waals surface area contributed by atoms with E-state index in [9.17, 15) is 0 Å². The molecule has 0 spiro atoms. The van der Waals surface area contributed by atoms with Gasteiger partial charge in [-0.25, -0.2) is 9.97 Å². The van der Waals surface area contributed by atoms with Crippen molar-refractivity contribution < 1.29 is 0 Å². The summed E-state index contributed by atoms with van der Waals surface area (Å²) in [6.45, 7) is 0. The Bertz CT molecular complexity index is 3740. The van der Waals surface area contributed by atoms with E-state index in [2.05, 4.69) is 191 Å². The maximum atomic E-state index is 5.54. The Morgan fingerprint density at radius 2 is 0.964 bits per heavy atom. The summed E-state index contributed by atoms with van der Waals surface area (Å²) in [6, 6.07) is 65.8. The molecule has 9 aromatic carbocycles. The van der Waals surface area contributed by atoms with Gasteiger partial charge in [0.2, 0.25) is 5.95 Å². The third-order valence-corrected chi connectivity index (χ3v) is 12.0. The van der Waals surface area contributed by atoms with E-state index < -0.39 is 0 Å². The molecule has 0 unspecified atom stereocenters. The summed E-state index contributed by atoms with van der Waals surface area (Å²) in [4.78, 5) is 11.0. The fourth-order valence-corrected chi connectivity index (χ4v) is 9.64. The van der Waals surface area contributed by atoms with Gasteiger partial charge < -0.3 is 4.40 Å². The molecular weight excluding hydrogens is 681 g/mol. The second-order valence-corrected chi connectivity index (χ2v) is 14.9. The minimum atomic E-state index is 0.659. The zero-order chi connectivity index (χ0) is 36.5. The standard InChI is InChI=1S/C52H30N4/c1-2-12-31(13-3-1)32-24-26-34(27-25-32)49-40-29-28-33-14-4-7-17-37(33)50(40)54-52(53-49)56-43-21-10-19-38-41-30-35-15-5-6-16-36(35)46-39-18-8-9-20-42(39)55(51(41)46)44-22-11-23-45(56)48(44)47(38)43/h1-30H. The third-order valence-electron chi connectivity index (χ3n) is 12.0. The van der Waals surface area contributed by atoms with Crippen molar-refractivity contribution in [3.8, 4) is 28.3 Å². The molecular formula is C52H30N4. The molecule has 4 aromatic heterocycles. The van der Waals surface area contributed by atoms with Crippen LogP contribution in [0.1, 0.15) is 0 Å². The van der Waals surface area contributed by atoms with Crippen LogP contribution in [0.5, 0.6) is 0 Å². The van der Waals surface area contributed by atoms with Crippen LogP contribution in [-0.4, -0.2) is 18.9 Å². The highest BCUT2D eigenvalue weighted by molar-refractivity contribution is 6.35. The smallest absolute Gasteiger partial charge is 0.235 e. The van der Waals surface area contributed by atoms with E-state index in [4.69, 9.17) is 9.97 Å². The number of hydrogen-bond acceptors (Lipinski definition) is 2. The van der Waals surface area contributed by atoms with Crippen LogP contribution >= 0.6 is 0 Å². The number of benzene rings is 9. The lowest BCUT2D eigenvalue weighted by Gasteiger charge is -2.14. The van der Waals surface area contributed by atoms with E-state index in [1.54, 1.807) is 0 Å². The van der Waals surface area contributed by atoms with Crippen molar-refractivity contribution in [3.63, 3.8) is 0 Å². The van der Waals surface area contributed by atoms with Gasteiger partial charge in [-0.05, 0) is 69.1 Å². The van der Waals surface area contributed by atoms with Gasteiger partial charge in [0.25, 0.3) is 0 Å². The minimum absolute atomic E-state index is 0.659. The first kappa shape index (κ1) is 29.8. The lowest BCUT2D eigenvalue weighted by molar-refractivity contribution is 1.02. The highest BCUT2D eigenvalue weighted by Gasteiger charge is 2.24. The normalized spacial score (nSPS) is 12.3. The van der Waals surface area contributed by atoms with Gasteiger partial charge >= 0.3 is 0 Å². The van der Waals surface area contributed by atoms with Gasteiger partial charge in [-0.1, -0.05) is 146 Å². The lowest BCUT2D eigenvalue weighted by Crippen LogP contribution is -2.04. The number of nitrogens with zero attached hydrogens (tertiary/aromatic N) is 4. The summed E-state index contributed by atoms with van der Waals surface area (Å²) in [5.74, 6) is 0.659. The van der Waals surface area contributed by atoms with Crippen LogP contribution in [0.3, 0.4) is 0 Å². The molecule has 0 aliphatic rings. The third kappa shape index (κ3) is 3.92. The van der Waals surface area contributed by atoms with Gasteiger partial charge in [-0.2, -0.15) is 0 Å². The molecule has 0 bridgehead atoms. The Hall–Kier alpha value is -7.56. The van der Waals surface area contributed by atoms with Gasteiger partial charge in [0.05, 0.1) is 38.8 Å². The molecule has 0 fully saturated rings. The molecule has 0 saturated carbocycles. The van der Waals surface area contributed by atoms with Crippen molar-refractivity contribution in [2.24, 2.45) is 0 Å². The molecule has 13 rings (SSSR count). The Balaban J connectivity index is 1.19. The predicted octanol–water partition coefficient (Wildman–Crippen LogP) is 13.5. The van der Waals surface area contributed by atoms with Crippen LogP contribution in [0.15, 0.2) is 182 Å². The summed E-state index contributed by atoms with van der Waals surface area (Å²) in [5, 5.41) is 13.3. The van der Waals surface area contributed by atoms with E-state index in [1.807, 2.05) is 0 Å². The number of hydrogen-bond donors (Lipinski definition) is 0. The number of rotatable bonds is 3. The SMILES string of the molecule is c1ccc(-c2ccc(-c3nc(-n4c5cccc6c7cc8ccccc8c8c9ccccc9n(c9cccc4c9c65)c78)nc4c3ccc3ccccc34)cc2)cc1. The fourth-order valence-electron chi connectivity index (χ4n) is 9.64. The van der Waals surface area contributed by atoms with Crippen LogP contribution in [0, 0.1) is 0 Å². The number of fused-ring (bicyclic) bond motifs is 10. The van der Waals surface area contributed by atoms with E-state index in [0.717, 1.165) is 44.0 Å². The maximum Gasteiger partial charge on any atom is 0.235 e. The molecule has 0 saturated heterocycles. The van der Waals surface area contributed by atoms with Crippen molar-refractivity contribution >= 4 is 92.3 Å². The van der Waals surface area contributed by atoms with E-state index in [1.165, 1.54) is 70.8 Å². The zero-order valence-corrected chi connectivity index (χ0v) is 30.1. The van der Waals surface area contributed by atoms with Crippen LogP contribution in [0.2, 0.25) is 0 Å². The van der Waals surface area contributed by atoms with Crippen molar-refractivity contribution in [2.75, 3.05) is 0 Å².